The smallest absolute Gasteiger partial charge is 0.240 e. The van der Waals surface area contributed by atoms with Crippen molar-refractivity contribution < 1.29 is 22.0 Å². The first-order valence-corrected chi connectivity index (χ1v) is 9.51. The van der Waals surface area contributed by atoms with Crippen LogP contribution in [0.2, 0.25) is 0 Å². The second-order valence-electron chi connectivity index (χ2n) is 5.92. The molecule has 2 aromatic rings. The van der Waals surface area contributed by atoms with E-state index in [0.29, 0.717) is 6.07 Å². The second-order valence-corrected chi connectivity index (χ2v) is 7.68. The number of nitrogens with zero attached hydrogens (tertiary/aromatic N) is 2. The van der Waals surface area contributed by atoms with Gasteiger partial charge in [0.05, 0.1) is 4.90 Å². The number of amides is 1. The van der Waals surface area contributed by atoms with E-state index in [4.69, 9.17) is 0 Å². The quantitative estimate of drug-likeness (QED) is 0.702. The lowest BCUT2D eigenvalue weighted by atomic mass is 10.2. The number of carbonyl (C=O) groups is 1. The molecule has 1 aromatic heterocycles. The van der Waals surface area contributed by atoms with Crippen molar-refractivity contribution in [2.45, 2.75) is 17.9 Å². The monoisotopic (exact) mass is 398 g/mol. The highest BCUT2D eigenvalue weighted by molar-refractivity contribution is 7.89. The summed E-state index contributed by atoms with van der Waals surface area (Å²) in [5, 5.41) is 2.68. The van der Waals surface area contributed by atoms with E-state index in [9.17, 15) is 22.0 Å². The number of hydrogen-bond donors (Lipinski definition) is 2. The fraction of sp³-hybridized carbons (Fsp3) is 0.294. The van der Waals surface area contributed by atoms with E-state index in [0.717, 1.165) is 23.5 Å². The maximum Gasteiger partial charge on any atom is 0.240 e. The first kappa shape index (κ1) is 20.7. The van der Waals surface area contributed by atoms with Crippen LogP contribution in [0.4, 0.5) is 14.6 Å². The maximum absolute atomic E-state index is 13.2. The van der Waals surface area contributed by atoms with Gasteiger partial charge in [-0.2, -0.15) is 0 Å². The van der Waals surface area contributed by atoms with E-state index in [1.165, 1.54) is 0 Å². The number of aromatic nitrogens is 1. The molecule has 0 aliphatic rings. The molecule has 10 heteroatoms. The van der Waals surface area contributed by atoms with E-state index in [-0.39, 0.29) is 25.4 Å². The molecular formula is C17H20F2N4O3S. The number of sulfonamides is 1. The number of anilines is 1. The molecule has 1 heterocycles. The third-order valence-corrected chi connectivity index (χ3v) is 5.06. The first-order valence-electron chi connectivity index (χ1n) is 8.03. The van der Waals surface area contributed by atoms with E-state index in [2.05, 4.69) is 15.0 Å². The topological polar surface area (TPSA) is 91.4 Å². The number of hydrogen-bond acceptors (Lipinski definition) is 5. The molecule has 0 atom stereocenters. The summed E-state index contributed by atoms with van der Waals surface area (Å²) in [5.74, 6) is -2.00. The van der Waals surface area contributed by atoms with Crippen LogP contribution >= 0.6 is 0 Å². The Morgan fingerprint density at radius 2 is 1.89 bits per heavy atom. The van der Waals surface area contributed by atoms with Crippen molar-refractivity contribution in [2.24, 2.45) is 0 Å². The van der Waals surface area contributed by atoms with Gasteiger partial charge in [0.1, 0.15) is 5.82 Å². The zero-order chi connectivity index (χ0) is 20.0. The molecule has 2 N–H and O–H groups in total. The molecule has 27 heavy (non-hydrogen) atoms. The number of halogens is 2. The second kappa shape index (κ2) is 8.87. The Kier molecular flexibility index (Phi) is 6.81. The Hall–Kier alpha value is -2.59. The van der Waals surface area contributed by atoms with Crippen molar-refractivity contribution in [1.29, 1.82) is 0 Å². The number of pyridine rings is 1. The highest BCUT2D eigenvalue weighted by atomic mass is 32.2. The van der Waals surface area contributed by atoms with Gasteiger partial charge >= 0.3 is 0 Å². The van der Waals surface area contributed by atoms with Gasteiger partial charge in [-0.05, 0) is 35.9 Å². The summed E-state index contributed by atoms with van der Waals surface area (Å²) in [6.07, 6.45) is 1.53. The molecule has 0 unspecified atom stereocenters. The zero-order valence-corrected chi connectivity index (χ0v) is 15.7. The number of benzene rings is 1. The molecule has 0 saturated heterocycles. The molecule has 1 aromatic carbocycles. The van der Waals surface area contributed by atoms with Crippen LogP contribution in [0.25, 0.3) is 0 Å². The minimum atomic E-state index is -4.03. The highest BCUT2D eigenvalue weighted by Gasteiger charge is 2.16. The van der Waals surface area contributed by atoms with Crippen molar-refractivity contribution >= 4 is 21.7 Å². The molecule has 0 spiro atoms. The number of nitrogens with one attached hydrogen (secondary N) is 2. The van der Waals surface area contributed by atoms with Crippen LogP contribution in [0.15, 0.2) is 41.4 Å². The van der Waals surface area contributed by atoms with Crippen molar-refractivity contribution in [3.63, 3.8) is 0 Å². The van der Waals surface area contributed by atoms with Crippen LogP contribution in [-0.2, 0) is 21.4 Å². The van der Waals surface area contributed by atoms with Crippen molar-refractivity contribution in [3.05, 3.63) is 53.7 Å². The fourth-order valence-electron chi connectivity index (χ4n) is 2.13. The lowest BCUT2D eigenvalue weighted by molar-refractivity contribution is -0.121. The Bertz CT molecular complexity index is 920. The molecule has 7 nitrogen and oxygen atoms in total. The van der Waals surface area contributed by atoms with Gasteiger partial charge < -0.3 is 10.2 Å². The van der Waals surface area contributed by atoms with Gasteiger partial charge in [0.15, 0.2) is 11.6 Å². The summed E-state index contributed by atoms with van der Waals surface area (Å²) in [7, 11) is -0.326. The van der Waals surface area contributed by atoms with Crippen LogP contribution in [-0.4, -0.2) is 39.9 Å². The molecule has 0 fully saturated rings. The standard InChI is InChI=1S/C17H20F2N4O3S/c1-23(2)16-9-12(5-7-20-16)11-21-17(24)6-8-22-27(25,26)13-3-4-14(18)15(19)10-13/h3-5,7,9-10,22H,6,8,11H2,1-2H3,(H,21,24). The summed E-state index contributed by atoms with van der Waals surface area (Å²) in [4.78, 5) is 17.5. The van der Waals surface area contributed by atoms with Crippen LogP contribution in [0.3, 0.4) is 0 Å². The molecule has 146 valence electrons. The van der Waals surface area contributed by atoms with Crippen LogP contribution in [0.5, 0.6) is 0 Å². The molecule has 0 aliphatic heterocycles. The van der Waals surface area contributed by atoms with E-state index < -0.39 is 26.6 Å². The van der Waals surface area contributed by atoms with Crippen LogP contribution in [0, 0.1) is 11.6 Å². The minimum Gasteiger partial charge on any atom is -0.363 e. The fourth-order valence-corrected chi connectivity index (χ4v) is 3.17. The van der Waals surface area contributed by atoms with Gasteiger partial charge in [0.2, 0.25) is 15.9 Å². The van der Waals surface area contributed by atoms with E-state index in [1.807, 2.05) is 25.1 Å². The molecule has 0 radical (unpaired) electrons. The van der Waals surface area contributed by atoms with Crippen molar-refractivity contribution in [3.8, 4) is 0 Å². The summed E-state index contributed by atoms with van der Waals surface area (Å²) in [6, 6.07) is 5.86. The van der Waals surface area contributed by atoms with E-state index in [1.54, 1.807) is 12.3 Å². The molecule has 0 bridgehead atoms. The van der Waals surface area contributed by atoms with Gasteiger partial charge in [0.25, 0.3) is 0 Å². The summed E-state index contributed by atoms with van der Waals surface area (Å²) < 4.78 is 52.3. The lowest BCUT2D eigenvalue weighted by Crippen LogP contribution is -2.30. The molecule has 0 aliphatic carbocycles. The Labute approximate surface area is 156 Å². The van der Waals surface area contributed by atoms with Gasteiger partial charge in [-0.15, -0.1) is 0 Å². The summed E-state index contributed by atoms with van der Waals surface area (Å²) >= 11 is 0. The molecule has 2 rings (SSSR count). The van der Waals surface area contributed by atoms with Gasteiger partial charge in [0, 0.05) is 39.8 Å². The molecule has 1 amide bonds. The predicted molar refractivity (Wildman–Crippen MR) is 96.6 cm³/mol. The lowest BCUT2D eigenvalue weighted by Gasteiger charge is -2.12. The summed E-state index contributed by atoms with van der Waals surface area (Å²) in [6.45, 7) is 0.102. The Morgan fingerprint density at radius 1 is 1.15 bits per heavy atom. The third-order valence-electron chi connectivity index (χ3n) is 3.60. The average molecular weight is 398 g/mol. The van der Waals surface area contributed by atoms with Crippen LogP contribution in [0.1, 0.15) is 12.0 Å². The molecule has 0 saturated carbocycles. The maximum atomic E-state index is 13.2. The average Bonchev–Trinajstić information content (AvgIpc) is 2.62. The largest absolute Gasteiger partial charge is 0.363 e. The normalized spacial score (nSPS) is 11.3. The minimum absolute atomic E-state index is 0.103. The third kappa shape index (κ3) is 5.97. The number of carbonyl (C=O) groups excluding carboxylic acids is 1. The SMILES string of the molecule is CN(C)c1cc(CNC(=O)CCNS(=O)(=O)c2ccc(F)c(F)c2)ccn1. The Balaban J connectivity index is 1.83. The predicted octanol–water partition coefficient (Wildman–Crippen LogP) is 1.41. The first-order chi connectivity index (χ1) is 12.7. The van der Waals surface area contributed by atoms with Gasteiger partial charge in [-0.3, -0.25) is 4.79 Å². The van der Waals surface area contributed by atoms with Gasteiger partial charge in [-0.1, -0.05) is 0 Å². The number of rotatable bonds is 8. The molecular weight excluding hydrogens is 378 g/mol. The van der Waals surface area contributed by atoms with E-state index >= 15 is 0 Å². The Morgan fingerprint density at radius 3 is 2.56 bits per heavy atom. The van der Waals surface area contributed by atoms with Gasteiger partial charge in [-0.25, -0.2) is 26.9 Å². The summed E-state index contributed by atoms with van der Waals surface area (Å²) in [5.41, 5.74) is 0.851. The highest BCUT2D eigenvalue weighted by Crippen LogP contribution is 2.13. The zero-order valence-electron chi connectivity index (χ0n) is 14.9. The van der Waals surface area contributed by atoms with Crippen molar-refractivity contribution in [1.82, 2.24) is 15.0 Å². The van der Waals surface area contributed by atoms with Crippen LogP contribution < -0.4 is 14.9 Å². The van der Waals surface area contributed by atoms with Crippen molar-refractivity contribution in [2.75, 3.05) is 25.5 Å².